The van der Waals surface area contributed by atoms with Crippen molar-refractivity contribution in [3.8, 4) is 0 Å². The maximum absolute atomic E-state index is 12.1. The number of ether oxygens (including phenoxy) is 2. The number of alkyl halides is 1. The summed E-state index contributed by atoms with van der Waals surface area (Å²) in [5.74, 6) is -0.876. The Labute approximate surface area is 132 Å². The molecule has 1 heterocycles. The second kappa shape index (κ2) is 6.60. The van der Waals surface area contributed by atoms with E-state index in [2.05, 4.69) is 15.9 Å². The molecule has 0 aliphatic carbocycles. The van der Waals surface area contributed by atoms with Crippen LogP contribution in [0.2, 0.25) is 0 Å². The average molecular weight is 355 g/mol. The summed E-state index contributed by atoms with van der Waals surface area (Å²) >= 11 is 3.34. The molecule has 1 aliphatic heterocycles. The van der Waals surface area contributed by atoms with Gasteiger partial charge < -0.3 is 9.47 Å². The van der Waals surface area contributed by atoms with Crippen LogP contribution in [0.3, 0.4) is 0 Å². The number of carbonyl (C=O) groups excluding carboxylic acids is 2. The number of aryl methyl sites for hydroxylation is 1. The first-order chi connectivity index (χ1) is 9.90. The van der Waals surface area contributed by atoms with Gasteiger partial charge in [-0.25, -0.2) is 4.79 Å². The highest BCUT2D eigenvalue weighted by atomic mass is 79.9. The standard InChI is InChI=1S/C16H19BrO4/c1-16(2)10-20-15(19)13(16)21-14(18)12(17)9-8-11-6-4-3-5-7-11/h3-7,12-13H,8-10H2,1-2H3/t12?,13-/m0/s1. The van der Waals surface area contributed by atoms with E-state index in [0.717, 1.165) is 12.0 Å². The smallest absolute Gasteiger partial charge is 0.348 e. The molecule has 114 valence electrons. The Morgan fingerprint density at radius 1 is 1.43 bits per heavy atom. The molecule has 2 atom stereocenters. The van der Waals surface area contributed by atoms with Crippen LogP contribution in [0.4, 0.5) is 0 Å². The molecule has 1 aromatic carbocycles. The van der Waals surface area contributed by atoms with Crippen molar-refractivity contribution >= 4 is 27.9 Å². The summed E-state index contributed by atoms with van der Waals surface area (Å²) in [6, 6.07) is 9.92. The monoisotopic (exact) mass is 354 g/mol. The zero-order valence-corrected chi connectivity index (χ0v) is 13.8. The van der Waals surface area contributed by atoms with Gasteiger partial charge in [-0.3, -0.25) is 4.79 Å². The highest BCUT2D eigenvalue weighted by Crippen LogP contribution is 2.31. The lowest BCUT2D eigenvalue weighted by Crippen LogP contribution is -2.37. The Hall–Kier alpha value is -1.36. The second-order valence-corrected chi connectivity index (χ2v) is 7.01. The van der Waals surface area contributed by atoms with Crippen LogP contribution in [0.1, 0.15) is 25.8 Å². The molecule has 1 aliphatic rings. The first-order valence-corrected chi connectivity index (χ1v) is 7.87. The topological polar surface area (TPSA) is 52.6 Å². The van der Waals surface area contributed by atoms with Crippen LogP contribution in [0.5, 0.6) is 0 Å². The predicted molar refractivity (Wildman–Crippen MR) is 82.1 cm³/mol. The van der Waals surface area contributed by atoms with Gasteiger partial charge in [-0.2, -0.15) is 0 Å². The van der Waals surface area contributed by atoms with E-state index in [4.69, 9.17) is 9.47 Å². The Morgan fingerprint density at radius 3 is 2.67 bits per heavy atom. The normalized spacial score (nSPS) is 21.7. The highest BCUT2D eigenvalue weighted by Gasteiger charge is 2.47. The third kappa shape index (κ3) is 4.06. The summed E-state index contributed by atoms with van der Waals surface area (Å²) in [6.45, 7) is 3.98. The number of cyclic esters (lactones) is 1. The summed E-state index contributed by atoms with van der Waals surface area (Å²) in [6.07, 6.45) is 0.567. The highest BCUT2D eigenvalue weighted by molar-refractivity contribution is 9.10. The molecule has 1 unspecified atom stereocenters. The largest absolute Gasteiger partial charge is 0.462 e. The molecule has 1 fully saturated rings. The van der Waals surface area contributed by atoms with Gasteiger partial charge in [0, 0.05) is 5.41 Å². The van der Waals surface area contributed by atoms with Gasteiger partial charge in [0.2, 0.25) is 6.10 Å². The Morgan fingerprint density at radius 2 is 2.10 bits per heavy atom. The van der Waals surface area contributed by atoms with Gasteiger partial charge in [0.15, 0.2) is 0 Å². The van der Waals surface area contributed by atoms with Crippen LogP contribution in [-0.4, -0.2) is 29.5 Å². The van der Waals surface area contributed by atoms with E-state index in [1.807, 2.05) is 44.2 Å². The minimum absolute atomic E-state index is 0.279. The lowest BCUT2D eigenvalue weighted by Gasteiger charge is -2.22. The lowest BCUT2D eigenvalue weighted by atomic mass is 9.90. The van der Waals surface area contributed by atoms with E-state index >= 15 is 0 Å². The maximum atomic E-state index is 12.1. The van der Waals surface area contributed by atoms with Crippen LogP contribution < -0.4 is 0 Å². The SMILES string of the molecule is CC1(C)COC(=O)[C@@H]1OC(=O)C(Br)CCc1ccccc1. The van der Waals surface area contributed by atoms with E-state index in [9.17, 15) is 9.59 Å². The van der Waals surface area contributed by atoms with E-state index < -0.39 is 28.3 Å². The first kappa shape index (κ1) is 16.0. The fraction of sp³-hybridized carbons (Fsp3) is 0.500. The van der Waals surface area contributed by atoms with Crippen molar-refractivity contribution in [2.24, 2.45) is 5.41 Å². The fourth-order valence-electron chi connectivity index (χ4n) is 2.18. The van der Waals surface area contributed by atoms with Crippen LogP contribution in [-0.2, 0) is 25.5 Å². The van der Waals surface area contributed by atoms with Crippen molar-refractivity contribution in [3.05, 3.63) is 35.9 Å². The van der Waals surface area contributed by atoms with Gasteiger partial charge in [-0.1, -0.05) is 60.1 Å². The first-order valence-electron chi connectivity index (χ1n) is 6.95. The maximum Gasteiger partial charge on any atom is 0.348 e. The molecular weight excluding hydrogens is 336 g/mol. The van der Waals surface area contributed by atoms with Crippen molar-refractivity contribution in [2.45, 2.75) is 37.6 Å². The van der Waals surface area contributed by atoms with E-state index in [-0.39, 0.29) is 6.61 Å². The zero-order valence-electron chi connectivity index (χ0n) is 12.2. The summed E-state index contributed by atoms with van der Waals surface area (Å²) in [5, 5.41) is 0. The number of rotatable bonds is 5. The van der Waals surface area contributed by atoms with Gasteiger partial charge in [0.25, 0.3) is 0 Å². The van der Waals surface area contributed by atoms with Crippen molar-refractivity contribution in [1.82, 2.24) is 0 Å². The number of halogens is 1. The Bertz CT molecular complexity index is 512. The van der Waals surface area contributed by atoms with Crippen molar-refractivity contribution < 1.29 is 19.1 Å². The van der Waals surface area contributed by atoms with Gasteiger partial charge >= 0.3 is 11.9 Å². The Kier molecular flexibility index (Phi) is 5.04. The molecule has 21 heavy (non-hydrogen) atoms. The molecule has 4 nitrogen and oxygen atoms in total. The molecule has 2 rings (SSSR count). The average Bonchev–Trinajstić information content (AvgIpc) is 2.72. The molecule has 0 N–H and O–H groups in total. The third-order valence-electron chi connectivity index (χ3n) is 3.53. The van der Waals surface area contributed by atoms with Gasteiger partial charge in [-0.05, 0) is 18.4 Å². The molecule has 0 bridgehead atoms. The summed E-state index contributed by atoms with van der Waals surface area (Å²) < 4.78 is 10.3. The second-order valence-electron chi connectivity index (χ2n) is 5.91. The van der Waals surface area contributed by atoms with Crippen molar-refractivity contribution in [3.63, 3.8) is 0 Å². The number of carbonyl (C=O) groups is 2. The molecular formula is C16H19BrO4. The number of hydrogen-bond acceptors (Lipinski definition) is 4. The van der Waals surface area contributed by atoms with E-state index in [0.29, 0.717) is 6.42 Å². The molecule has 0 radical (unpaired) electrons. The molecule has 0 saturated carbocycles. The van der Waals surface area contributed by atoms with Crippen molar-refractivity contribution in [2.75, 3.05) is 6.61 Å². The third-order valence-corrected chi connectivity index (χ3v) is 4.36. The Balaban J connectivity index is 1.87. The van der Waals surface area contributed by atoms with Gasteiger partial charge in [0.05, 0.1) is 0 Å². The number of esters is 2. The molecule has 5 heteroatoms. The van der Waals surface area contributed by atoms with E-state index in [1.165, 1.54) is 0 Å². The molecule has 1 aromatic rings. The van der Waals surface area contributed by atoms with E-state index in [1.54, 1.807) is 0 Å². The molecule has 0 aromatic heterocycles. The number of benzene rings is 1. The summed E-state index contributed by atoms with van der Waals surface area (Å²) in [7, 11) is 0. The number of hydrogen-bond donors (Lipinski definition) is 0. The van der Waals surface area contributed by atoms with Gasteiger partial charge in [0.1, 0.15) is 11.4 Å². The fourth-order valence-corrected chi connectivity index (χ4v) is 2.52. The molecule has 1 saturated heterocycles. The minimum Gasteiger partial charge on any atom is -0.462 e. The van der Waals surface area contributed by atoms with Crippen LogP contribution >= 0.6 is 15.9 Å². The minimum atomic E-state index is -0.818. The van der Waals surface area contributed by atoms with Crippen LogP contribution in [0, 0.1) is 5.41 Å². The quantitative estimate of drug-likeness (QED) is 0.602. The lowest BCUT2D eigenvalue weighted by molar-refractivity contribution is -0.162. The summed E-state index contributed by atoms with van der Waals surface area (Å²) in [5.41, 5.74) is 0.689. The van der Waals surface area contributed by atoms with Crippen LogP contribution in [0.25, 0.3) is 0 Å². The van der Waals surface area contributed by atoms with Gasteiger partial charge in [-0.15, -0.1) is 0 Å². The zero-order chi connectivity index (χ0) is 15.5. The molecule has 0 spiro atoms. The van der Waals surface area contributed by atoms with Crippen LogP contribution in [0.15, 0.2) is 30.3 Å². The van der Waals surface area contributed by atoms with Crippen molar-refractivity contribution in [1.29, 1.82) is 0 Å². The summed E-state index contributed by atoms with van der Waals surface area (Å²) in [4.78, 5) is 23.3. The molecule has 0 amide bonds. The predicted octanol–water partition coefficient (Wildman–Crippen LogP) is 2.88.